The van der Waals surface area contributed by atoms with Gasteiger partial charge < -0.3 is 14.4 Å². The molecule has 1 saturated heterocycles. The molecule has 0 spiro atoms. The fourth-order valence-electron chi connectivity index (χ4n) is 2.66. The van der Waals surface area contributed by atoms with E-state index in [0.29, 0.717) is 12.2 Å². The Bertz CT molecular complexity index is 405. The normalized spacial score (nSPS) is 26.0. The summed E-state index contributed by atoms with van der Waals surface area (Å²) in [5.74, 6) is 0.979. The molecule has 5 heteroatoms. The standard InChI is InChI=1S/C16H24ClNO2S/c1-13-11-18(12-14(2)20-13)7-8-19-9-10-21-16-5-3-15(17)4-6-16/h3-6,13-14H,7-12H2,1-2H3/p+1/t13-,14-/m1/s1. The van der Waals surface area contributed by atoms with Gasteiger partial charge in [0.05, 0.1) is 13.2 Å². The summed E-state index contributed by atoms with van der Waals surface area (Å²) in [4.78, 5) is 2.83. The van der Waals surface area contributed by atoms with Gasteiger partial charge in [-0.15, -0.1) is 11.8 Å². The van der Waals surface area contributed by atoms with Crippen molar-refractivity contribution in [3.05, 3.63) is 29.3 Å². The van der Waals surface area contributed by atoms with Crippen LogP contribution in [0.4, 0.5) is 0 Å². The summed E-state index contributed by atoms with van der Waals surface area (Å²) in [5, 5.41) is 0.785. The van der Waals surface area contributed by atoms with E-state index < -0.39 is 0 Å². The van der Waals surface area contributed by atoms with Gasteiger partial charge in [0.2, 0.25) is 0 Å². The molecule has 1 aromatic carbocycles. The molecular weight excluding hydrogens is 306 g/mol. The van der Waals surface area contributed by atoms with Crippen molar-refractivity contribution in [1.29, 1.82) is 0 Å². The number of hydrogen-bond acceptors (Lipinski definition) is 3. The van der Waals surface area contributed by atoms with Crippen LogP contribution in [0.1, 0.15) is 13.8 Å². The lowest BCUT2D eigenvalue weighted by Crippen LogP contribution is -3.15. The van der Waals surface area contributed by atoms with Crippen molar-refractivity contribution >= 4 is 23.4 Å². The van der Waals surface area contributed by atoms with Crippen molar-refractivity contribution in [3.8, 4) is 0 Å². The Morgan fingerprint density at radius 3 is 2.52 bits per heavy atom. The molecule has 0 unspecified atom stereocenters. The summed E-state index contributed by atoms with van der Waals surface area (Å²) in [6, 6.07) is 7.95. The van der Waals surface area contributed by atoms with E-state index in [0.717, 1.165) is 43.6 Å². The Morgan fingerprint density at radius 2 is 1.86 bits per heavy atom. The first-order valence-corrected chi connectivity index (χ1v) is 8.95. The fourth-order valence-corrected chi connectivity index (χ4v) is 3.55. The highest BCUT2D eigenvalue weighted by molar-refractivity contribution is 7.99. The molecule has 1 N–H and O–H groups in total. The minimum Gasteiger partial charge on any atom is -0.375 e. The highest BCUT2D eigenvalue weighted by Crippen LogP contribution is 2.19. The lowest BCUT2D eigenvalue weighted by molar-refractivity contribution is -0.915. The number of morpholine rings is 1. The van der Waals surface area contributed by atoms with Crippen molar-refractivity contribution in [2.75, 3.05) is 38.6 Å². The molecule has 0 amide bonds. The topological polar surface area (TPSA) is 22.9 Å². The van der Waals surface area contributed by atoms with Crippen LogP contribution >= 0.6 is 23.4 Å². The quantitative estimate of drug-likeness (QED) is 0.612. The van der Waals surface area contributed by atoms with Crippen LogP contribution in [0.3, 0.4) is 0 Å². The number of ether oxygens (including phenoxy) is 2. The van der Waals surface area contributed by atoms with E-state index in [1.807, 2.05) is 24.3 Å². The Morgan fingerprint density at radius 1 is 1.19 bits per heavy atom. The van der Waals surface area contributed by atoms with E-state index in [9.17, 15) is 0 Å². The summed E-state index contributed by atoms with van der Waals surface area (Å²) in [6.45, 7) is 9.18. The summed E-state index contributed by atoms with van der Waals surface area (Å²) < 4.78 is 11.5. The number of thioether (sulfide) groups is 1. The molecule has 0 bridgehead atoms. The lowest BCUT2D eigenvalue weighted by Gasteiger charge is -2.32. The predicted octanol–water partition coefficient (Wildman–Crippen LogP) is 2.14. The number of quaternary nitrogens is 1. The van der Waals surface area contributed by atoms with Crippen molar-refractivity contribution in [1.82, 2.24) is 0 Å². The molecule has 1 aliphatic rings. The Labute approximate surface area is 136 Å². The van der Waals surface area contributed by atoms with Crippen molar-refractivity contribution in [2.24, 2.45) is 0 Å². The maximum Gasteiger partial charge on any atom is 0.104 e. The first-order valence-electron chi connectivity index (χ1n) is 7.58. The van der Waals surface area contributed by atoms with Crippen molar-refractivity contribution in [3.63, 3.8) is 0 Å². The molecule has 0 aromatic heterocycles. The zero-order chi connectivity index (χ0) is 15.1. The van der Waals surface area contributed by atoms with E-state index in [-0.39, 0.29) is 0 Å². The van der Waals surface area contributed by atoms with Crippen LogP contribution in [0.15, 0.2) is 29.2 Å². The van der Waals surface area contributed by atoms with Gasteiger partial charge in [-0.3, -0.25) is 0 Å². The number of halogens is 1. The molecule has 0 aliphatic carbocycles. The third-order valence-corrected chi connectivity index (χ3v) is 4.76. The minimum absolute atomic E-state index is 0.365. The fraction of sp³-hybridized carbons (Fsp3) is 0.625. The smallest absolute Gasteiger partial charge is 0.104 e. The molecule has 118 valence electrons. The second-order valence-corrected chi connectivity index (χ2v) is 7.19. The summed E-state index contributed by atoms with van der Waals surface area (Å²) in [7, 11) is 0. The van der Waals surface area contributed by atoms with Crippen LogP contribution in [0.5, 0.6) is 0 Å². The summed E-state index contributed by atoms with van der Waals surface area (Å²) in [6.07, 6.45) is 0.730. The van der Waals surface area contributed by atoms with Gasteiger partial charge in [-0.2, -0.15) is 0 Å². The van der Waals surface area contributed by atoms with Crippen LogP contribution in [0, 0.1) is 0 Å². The molecule has 2 atom stereocenters. The number of hydrogen-bond donors (Lipinski definition) is 1. The molecule has 1 heterocycles. The molecule has 1 fully saturated rings. The SMILES string of the molecule is C[C@@H]1C[NH+](CCOCCSc2ccc(Cl)cc2)C[C@@H](C)O1. The van der Waals surface area contributed by atoms with Gasteiger partial charge in [0.25, 0.3) is 0 Å². The molecule has 21 heavy (non-hydrogen) atoms. The van der Waals surface area contributed by atoms with Crippen LogP contribution in [0.25, 0.3) is 0 Å². The van der Waals surface area contributed by atoms with Gasteiger partial charge in [-0.1, -0.05) is 11.6 Å². The van der Waals surface area contributed by atoms with E-state index in [2.05, 4.69) is 13.8 Å². The van der Waals surface area contributed by atoms with Gasteiger partial charge in [0, 0.05) is 15.7 Å². The van der Waals surface area contributed by atoms with Gasteiger partial charge in [0.1, 0.15) is 31.8 Å². The number of benzene rings is 1. The zero-order valence-corrected chi connectivity index (χ0v) is 14.4. The third-order valence-electron chi connectivity index (χ3n) is 3.53. The summed E-state index contributed by atoms with van der Waals surface area (Å²) in [5.41, 5.74) is 0. The van der Waals surface area contributed by atoms with E-state index in [4.69, 9.17) is 21.1 Å². The summed E-state index contributed by atoms with van der Waals surface area (Å²) >= 11 is 7.67. The first-order chi connectivity index (χ1) is 10.1. The van der Waals surface area contributed by atoms with Gasteiger partial charge in [-0.25, -0.2) is 0 Å². The van der Waals surface area contributed by atoms with Gasteiger partial charge in [0.15, 0.2) is 0 Å². The van der Waals surface area contributed by atoms with Crippen LogP contribution < -0.4 is 4.90 Å². The van der Waals surface area contributed by atoms with Gasteiger partial charge >= 0.3 is 0 Å². The largest absolute Gasteiger partial charge is 0.375 e. The highest BCUT2D eigenvalue weighted by Gasteiger charge is 2.24. The van der Waals surface area contributed by atoms with E-state index >= 15 is 0 Å². The highest BCUT2D eigenvalue weighted by atomic mass is 35.5. The maximum atomic E-state index is 5.86. The Hall–Kier alpha value is -0.260. The second kappa shape index (κ2) is 9.01. The molecular formula is C16H25ClNO2S+. The van der Waals surface area contributed by atoms with Gasteiger partial charge in [-0.05, 0) is 38.1 Å². The molecule has 3 nitrogen and oxygen atoms in total. The molecule has 0 saturated carbocycles. The Balaban J connectivity index is 1.53. The number of rotatable bonds is 7. The Kier molecular flexibility index (Phi) is 7.34. The predicted molar refractivity (Wildman–Crippen MR) is 88.6 cm³/mol. The van der Waals surface area contributed by atoms with Crippen LogP contribution in [-0.4, -0.2) is 50.8 Å². The van der Waals surface area contributed by atoms with E-state index in [1.54, 1.807) is 16.7 Å². The van der Waals surface area contributed by atoms with Crippen LogP contribution in [-0.2, 0) is 9.47 Å². The lowest BCUT2D eigenvalue weighted by atomic mass is 10.2. The monoisotopic (exact) mass is 330 g/mol. The number of nitrogens with one attached hydrogen (secondary N) is 1. The average Bonchev–Trinajstić information content (AvgIpc) is 2.43. The average molecular weight is 331 g/mol. The van der Waals surface area contributed by atoms with Crippen molar-refractivity contribution in [2.45, 2.75) is 31.0 Å². The van der Waals surface area contributed by atoms with E-state index in [1.165, 1.54) is 4.90 Å². The maximum absolute atomic E-state index is 5.86. The molecule has 2 rings (SSSR count). The molecule has 1 aromatic rings. The van der Waals surface area contributed by atoms with Crippen LogP contribution in [0.2, 0.25) is 5.02 Å². The minimum atomic E-state index is 0.365. The second-order valence-electron chi connectivity index (χ2n) is 5.58. The molecule has 0 radical (unpaired) electrons. The molecule has 1 aliphatic heterocycles. The zero-order valence-electron chi connectivity index (χ0n) is 12.8. The van der Waals surface area contributed by atoms with Crippen molar-refractivity contribution < 1.29 is 14.4 Å². The third kappa shape index (κ3) is 6.57. The first kappa shape index (κ1) is 17.1.